The fourth-order valence-corrected chi connectivity index (χ4v) is 2.54. The predicted molar refractivity (Wildman–Crippen MR) is 103 cm³/mol. The van der Waals surface area contributed by atoms with Gasteiger partial charge in [-0.25, -0.2) is 9.59 Å². The van der Waals surface area contributed by atoms with Gasteiger partial charge in [-0.2, -0.15) is 0 Å². The fourth-order valence-electron chi connectivity index (χ4n) is 2.54. The van der Waals surface area contributed by atoms with Crippen LogP contribution in [0.5, 0.6) is 0 Å². The number of esters is 2. The average molecular weight is 481 g/mol. The molecule has 0 aliphatic carbocycles. The lowest BCUT2D eigenvalue weighted by Crippen LogP contribution is -2.46. The van der Waals surface area contributed by atoms with E-state index >= 15 is 0 Å². The molecule has 3 atom stereocenters. The first-order chi connectivity index (χ1) is 15.4. The van der Waals surface area contributed by atoms with Crippen LogP contribution in [0.3, 0.4) is 0 Å². The molecule has 0 aliphatic heterocycles. The molecular weight excluding hydrogens is 454 g/mol. The molecule has 0 amide bonds. The van der Waals surface area contributed by atoms with E-state index in [4.69, 9.17) is 24.8 Å². The Bertz CT molecular complexity index is 708. The van der Waals surface area contributed by atoms with E-state index in [1.165, 1.54) is 0 Å². The quantitative estimate of drug-likeness (QED) is 0.160. The SMILES string of the molecule is COC(=O)C[C@H](OCCN(CCO[C@H](CC(=O)O)C(=O)O)[C@@H](CC(=O)O)C(=O)O)C(=O)OC. The molecule has 0 aromatic heterocycles. The Kier molecular flexibility index (Phi) is 13.9. The van der Waals surface area contributed by atoms with Crippen molar-refractivity contribution >= 4 is 35.8 Å². The number of carboxylic acid groups (broad SMARTS) is 4. The van der Waals surface area contributed by atoms with Crippen molar-refractivity contribution in [1.29, 1.82) is 0 Å². The summed E-state index contributed by atoms with van der Waals surface area (Å²) >= 11 is 0. The summed E-state index contributed by atoms with van der Waals surface area (Å²) in [5.74, 6) is -7.58. The molecule has 188 valence electrons. The molecule has 0 saturated heterocycles. The Morgan fingerprint density at radius 3 is 1.61 bits per heavy atom. The summed E-state index contributed by atoms with van der Waals surface area (Å²) < 4.78 is 19.2. The molecule has 0 fully saturated rings. The van der Waals surface area contributed by atoms with Gasteiger partial charge in [-0.15, -0.1) is 0 Å². The zero-order valence-electron chi connectivity index (χ0n) is 18.0. The number of carbonyl (C=O) groups is 6. The van der Waals surface area contributed by atoms with Crippen LogP contribution in [0.15, 0.2) is 0 Å². The van der Waals surface area contributed by atoms with Crippen molar-refractivity contribution in [1.82, 2.24) is 4.90 Å². The molecule has 15 nitrogen and oxygen atoms in total. The van der Waals surface area contributed by atoms with Gasteiger partial charge in [-0.1, -0.05) is 0 Å². The minimum atomic E-state index is -1.70. The van der Waals surface area contributed by atoms with Gasteiger partial charge in [0.2, 0.25) is 0 Å². The predicted octanol–water partition coefficient (Wildman–Crippen LogP) is -1.72. The molecule has 33 heavy (non-hydrogen) atoms. The first-order valence-corrected chi connectivity index (χ1v) is 9.43. The van der Waals surface area contributed by atoms with Gasteiger partial charge in [0.15, 0.2) is 12.2 Å². The largest absolute Gasteiger partial charge is 0.481 e. The van der Waals surface area contributed by atoms with Gasteiger partial charge in [-0.3, -0.25) is 24.1 Å². The van der Waals surface area contributed by atoms with Gasteiger partial charge in [0.25, 0.3) is 0 Å². The van der Waals surface area contributed by atoms with Crippen molar-refractivity contribution < 1.29 is 68.1 Å². The zero-order valence-corrected chi connectivity index (χ0v) is 18.0. The molecule has 0 radical (unpaired) electrons. The molecule has 0 heterocycles. The molecular formula is C18H27NO14. The van der Waals surface area contributed by atoms with Crippen LogP contribution in [0.2, 0.25) is 0 Å². The lowest BCUT2D eigenvalue weighted by Gasteiger charge is -2.28. The fraction of sp³-hybridized carbons (Fsp3) is 0.667. The van der Waals surface area contributed by atoms with Crippen molar-refractivity contribution in [3.63, 3.8) is 0 Å². The molecule has 0 saturated carbocycles. The number of aliphatic carboxylic acids is 4. The van der Waals surface area contributed by atoms with Gasteiger partial charge in [-0.05, 0) is 0 Å². The summed E-state index contributed by atoms with van der Waals surface area (Å²) in [6.45, 7) is -1.37. The highest BCUT2D eigenvalue weighted by molar-refractivity contribution is 5.82. The van der Waals surface area contributed by atoms with Crippen LogP contribution in [0.25, 0.3) is 0 Å². The van der Waals surface area contributed by atoms with Crippen molar-refractivity contribution in [2.24, 2.45) is 0 Å². The second kappa shape index (κ2) is 15.5. The lowest BCUT2D eigenvalue weighted by atomic mass is 10.1. The van der Waals surface area contributed by atoms with E-state index in [-0.39, 0.29) is 19.7 Å². The number of rotatable bonds is 18. The summed E-state index contributed by atoms with van der Waals surface area (Å²) in [6, 6.07) is -1.57. The minimum Gasteiger partial charge on any atom is -0.481 e. The molecule has 15 heteroatoms. The third-order valence-corrected chi connectivity index (χ3v) is 4.17. The lowest BCUT2D eigenvalue weighted by molar-refractivity contribution is -0.162. The Balaban J connectivity index is 5.29. The summed E-state index contributed by atoms with van der Waals surface area (Å²) in [5, 5.41) is 36.1. The average Bonchev–Trinajstić information content (AvgIpc) is 2.73. The maximum absolute atomic E-state index is 11.8. The number of nitrogens with zero attached hydrogens (tertiary/aromatic N) is 1. The first kappa shape index (κ1) is 29.7. The molecule has 0 bridgehead atoms. The van der Waals surface area contributed by atoms with E-state index in [0.29, 0.717) is 0 Å². The van der Waals surface area contributed by atoms with Crippen molar-refractivity contribution in [2.45, 2.75) is 37.5 Å². The number of hydrogen-bond donors (Lipinski definition) is 4. The van der Waals surface area contributed by atoms with Crippen LogP contribution < -0.4 is 0 Å². The molecule has 0 aromatic rings. The highest BCUT2D eigenvalue weighted by atomic mass is 16.6. The Labute approximate surface area is 187 Å². The van der Waals surface area contributed by atoms with E-state index in [0.717, 1.165) is 19.1 Å². The van der Waals surface area contributed by atoms with Crippen molar-refractivity contribution in [3.8, 4) is 0 Å². The Morgan fingerprint density at radius 2 is 1.21 bits per heavy atom. The van der Waals surface area contributed by atoms with Crippen LogP contribution in [-0.4, -0.2) is 120 Å². The zero-order chi connectivity index (χ0) is 25.6. The first-order valence-electron chi connectivity index (χ1n) is 9.43. The van der Waals surface area contributed by atoms with Crippen LogP contribution in [-0.2, 0) is 47.7 Å². The van der Waals surface area contributed by atoms with Gasteiger partial charge in [0, 0.05) is 13.1 Å². The highest BCUT2D eigenvalue weighted by Crippen LogP contribution is 2.09. The van der Waals surface area contributed by atoms with Gasteiger partial charge in [0.05, 0.1) is 46.7 Å². The number of ether oxygens (including phenoxy) is 4. The maximum Gasteiger partial charge on any atom is 0.335 e. The normalized spacial score (nSPS) is 13.5. The summed E-state index contributed by atoms with van der Waals surface area (Å²) in [4.78, 5) is 68.7. The smallest absolute Gasteiger partial charge is 0.335 e. The second-order valence-electron chi connectivity index (χ2n) is 6.45. The highest BCUT2D eigenvalue weighted by Gasteiger charge is 2.30. The van der Waals surface area contributed by atoms with E-state index < -0.39 is 79.9 Å². The molecule has 0 aromatic carbocycles. The third-order valence-electron chi connectivity index (χ3n) is 4.17. The number of carboxylic acids is 4. The van der Waals surface area contributed by atoms with Crippen molar-refractivity contribution in [3.05, 3.63) is 0 Å². The van der Waals surface area contributed by atoms with Crippen LogP contribution in [0, 0.1) is 0 Å². The van der Waals surface area contributed by atoms with Crippen LogP contribution in [0.4, 0.5) is 0 Å². The number of hydrogen-bond acceptors (Lipinski definition) is 11. The maximum atomic E-state index is 11.8. The van der Waals surface area contributed by atoms with E-state index in [1.807, 2.05) is 0 Å². The van der Waals surface area contributed by atoms with E-state index in [9.17, 15) is 33.9 Å². The summed E-state index contributed by atoms with van der Waals surface area (Å²) in [6.07, 6.45) is -5.22. The Hall–Kier alpha value is -3.30. The van der Waals surface area contributed by atoms with Gasteiger partial charge in [0.1, 0.15) is 6.04 Å². The summed E-state index contributed by atoms with van der Waals surface area (Å²) in [7, 11) is 2.15. The molecule has 0 aliphatic rings. The number of carbonyl (C=O) groups excluding carboxylic acids is 2. The molecule has 0 spiro atoms. The monoisotopic (exact) mass is 481 g/mol. The third kappa shape index (κ3) is 12.4. The number of methoxy groups -OCH3 is 2. The van der Waals surface area contributed by atoms with E-state index in [2.05, 4.69) is 9.47 Å². The standard InChI is InChI=1S/C18H27NO14/c1-30-15(24)9-12(18(29)31-2)33-6-4-19(10(16(25)26)7-13(20)21)3-5-32-11(17(27)28)8-14(22)23/h10-12H,3-9H2,1-2H3,(H,20,21)(H,22,23)(H,25,26)(H,27,28)/t10-,11+,12-/m0/s1. The van der Waals surface area contributed by atoms with E-state index in [1.54, 1.807) is 0 Å². The van der Waals surface area contributed by atoms with Crippen molar-refractivity contribution in [2.75, 3.05) is 40.5 Å². The molecule has 4 N–H and O–H groups in total. The topological polar surface area (TPSA) is 223 Å². The molecule has 0 rings (SSSR count). The minimum absolute atomic E-state index is 0.265. The molecule has 0 unspecified atom stereocenters. The van der Waals surface area contributed by atoms with Gasteiger partial charge >= 0.3 is 35.8 Å². The Morgan fingerprint density at radius 1 is 0.697 bits per heavy atom. The summed E-state index contributed by atoms with van der Waals surface area (Å²) in [5.41, 5.74) is 0. The van der Waals surface area contributed by atoms with Gasteiger partial charge < -0.3 is 39.4 Å². The second-order valence-corrected chi connectivity index (χ2v) is 6.45. The van der Waals surface area contributed by atoms with Crippen LogP contribution in [0.1, 0.15) is 19.3 Å². The van der Waals surface area contributed by atoms with Crippen LogP contribution >= 0.6 is 0 Å².